The number of carbonyl (C=O) groups is 1. The Balaban J connectivity index is 1.39. The first-order valence-corrected chi connectivity index (χ1v) is 8.59. The third-order valence-electron chi connectivity index (χ3n) is 4.12. The fourth-order valence-electron chi connectivity index (χ4n) is 2.64. The van der Waals surface area contributed by atoms with Gasteiger partial charge in [-0.1, -0.05) is 41.6 Å². The average Bonchev–Trinajstić information content (AvgIpc) is 3.40. The molecule has 1 N–H and O–H groups in total. The van der Waals surface area contributed by atoms with Crippen LogP contribution in [-0.4, -0.2) is 25.6 Å². The maximum Gasteiger partial charge on any atom is 0.316 e. The van der Waals surface area contributed by atoms with Gasteiger partial charge in [-0.2, -0.15) is 4.98 Å². The summed E-state index contributed by atoms with van der Waals surface area (Å²) in [6.07, 6.45) is 5.38. The fraction of sp³-hybridized carbons (Fsp3) is 0.100. The second-order valence-corrected chi connectivity index (χ2v) is 6.16. The lowest BCUT2D eigenvalue weighted by Crippen LogP contribution is -2.23. The van der Waals surface area contributed by atoms with Crippen LogP contribution in [0.1, 0.15) is 21.8 Å². The van der Waals surface area contributed by atoms with Crippen molar-refractivity contribution in [1.29, 1.82) is 0 Å². The largest absolute Gasteiger partial charge is 0.344 e. The van der Waals surface area contributed by atoms with Crippen LogP contribution in [0.3, 0.4) is 0 Å². The number of aromatic nitrogens is 4. The summed E-state index contributed by atoms with van der Waals surface area (Å²) in [5, 5.41) is 6.53. The lowest BCUT2D eigenvalue weighted by molar-refractivity contribution is 0.0907. The van der Waals surface area contributed by atoms with Gasteiger partial charge in [0.05, 0.1) is 6.33 Å². The molecule has 0 saturated heterocycles. The number of halogens is 1. The fourth-order valence-corrected chi connectivity index (χ4v) is 2.64. The molecule has 140 valence electrons. The summed E-state index contributed by atoms with van der Waals surface area (Å²) < 4.78 is 19.9. The highest BCUT2D eigenvalue weighted by Crippen LogP contribution is 2.17. The Morgan fingerprint density at radius 1 is 1.07 bits per heavy atom. The topological polar surface area (TPSA) is 85.8 Å². The molecule has 0 bridgehead atoms. The van der Waals surface area contributed by atoms with Gasteiger partial charge in [0, 0.05) is 31.0 Å². The molecular formula is C20H16FN5O2. The molecule has 4 aromatic rings. The molecule has 2 heterocycles. The zero-order valence-corrected chi connectivity index (χ0v) is 14.7. The van der Waals surface area contributed by atoms with Crippen LogP contribution >= 0.6 is 0 Å². The van der Waals surface area contributed by atoms with E-state index in [1.54, 1.807) is 24.7 Å². The molecule has 0 aliphatic rings. The molecule has 0 aliphatic carbocycles. The van der Waals surface area contributed by atoms with Crippen molar-refractivity contribution in [3.8, 4) is 11.4 Å². The van der Waals surface area contributed by atoms with E-state index in [4.69, 9.17) is 4.52 Å². The number of hydrogen-bond donors (Lipinski definition) is 1. The molecule has 0 atom stereocenters. The molecule has 0 unspecified atom stereocenters. The number of hydrogen-bond acceptors (Lipinski definition) is 5. The van der Waals surface area contributed by atoms with Crippen molar-refractivity contribution in [1.82, 2.24) is 25.0 Å². The van der Waals surface area contributed by atoms with Crippen LogP contribution in [0.15, 0.2) is 71.8 Å². The highest BCUT2D eigenvalue weighted by Gasteiger charge is 2.16. The zero-order valence-electron chi connectivity index (χ0n) is 14.7. The molecular weight excluding hydrogens is 361 g/mol. The second kappa shape index (κ2) is 7.83. The number of nitrogens with zero attached hydrogens (tertiary/aromatic N) is 4. The van der Waals surface area contributed by atoms with E-state index in [2.05, 4.69) is 20.4 Å². The molecule has 0 radical (unpaired) electrons. The van der Waals surface area contributed by atoms with Crippen molar-refractivity contribution in [3.63, 3.8) is 0 Å². The van der Waals surface area contributed by atoms with Gasteiger partial charge < -0.3 is 14.4 Å². The molecule has 0 fully saturated rings. The Labute approximate surface area is 159 Å². The van der Waals surface area contributed by atoms with Crippen LogP contribution in [0.4, 0.5) is 4.39 Å². The molecule has 0 spiro atoms. The summed E-state index contributed by atoms with van der Waals surface area (Å²) in [5.41, 5.74) is 2.61. The monoisotopic (exact) mass is 377 g/mol. The van der Waals surface area contributed by atoms with Crippen molar-refractivity contribution in [2.45, 2.75) is 13.1 Å². The highest BCUT2D eigenvalue weighted by atomic mass is 19.1. The van der Waals surface area contributed by atoms with Crippen molar-refractivity contribution in [2.24, 2.45) is 0 Å². The SMILES string of the molecule is O=C(NCc1ccc(F)cc1)c1nc(-c2ccc(Cn3ccnc3)cc2)no1. The van der Waals surface area contributed by atoms with Gasteiger partial charge in [0.2, 0.25) is 5.82 Å². The van der Waals surface area contributed by atoms with E-state index in [-0.39, 0.29) is 18.3 Å². The van der Waals surface area contributed by atoms with E-state index in [1.807, 2.05) is 35.0 Å². The molecule has 0 aliphatic heterocycles. The summed E-state index contributed by atoms with van der Waals surface area (Å²) >= 11 is 0. The van der Waals surface area contributed by atoms with E-state index in [0.717, 1.165) is 16.7 Å². The van der Waals surface area contributed by atoms with E-state index < -0.39 is 5.91 Å². The zero-order chi connectivity index (χ0) is 19.3. The van der Waals surface area contributed by atoms with Crippen LogP contribution < -0.4 is 5.32 Å². The molecule has 2 aromatic carbocycles. The smallest absolute Gasteiger partial charge is 0.316 e. The molecule has 1 amide bonds. The Hall–Kier alpha value is -3.81. The number of amides is 1. The van der Waals surface area contributed by atoms with Gasteiger partial charge in [0.1, 0.15) is 5.82 Å². The van der Waals surface area contributed by atoms with E-state index >= 15 is 0 Å². The van der Waals surface area contributed by atoms with Crippen molar-refractivity contribution in [2.75, 3.05) is 0 Å². The van der Waals surface area contributed by atoms with Crippen LogP contribution in [0.25, 0.3) is 11.4 Å². The first-order valence-electron chi connectivity index (χ1n) is 8.59. The Bertz CT molecular complexity index is 1060. The Morgan fingerprint density at radius 3 is 2.54 bits per heavy atom. The van der Waals surface area contributed by atoms with Crippen LogP contribution in [0.5, 0.6) is 0 Å². The predicted octanol–water partition coefficient (Wildman–Crippen LogP) is 3.05. The number of nitrogens with one attached hydrogen (secondary N) is 1. The van der Waals surface area contributed by atoms with Gasteiger partial charge in [-0.25, -0.2) is 9.37 Å². The Kier molecular flexibility index (Phi) is 4.92. The second-order valence-electron chi connectivity index (χ2n) is 6.16. The summed E-state index contributed by atoms with van der Waals surface area (Å²) in [7, 11) is 0. The first kappa shape index (κ1) is 17.6. The predicted molar refractivity (Wildman–Crippen MR) is 98.6 cm³/mol. The van der Waals surface area contributed by atoms with Gasteiger partial charge in [-0.05, 0) is 23.3 Å². The molecule has 7 nitrogen and oxygen atoms in total. The van der Waals surface area contributed by atoms with E-state index in [9.17, 15) is 9.18 Å². The van der Waals surface area contributed by atoms with Gasteiger partial charge >= 0.3 is 11.8 Å². The molecule has 0 saturated carbocycles. The summed E-state index contributed by atoms with van der Waals surface area (Å²) in [6, 6.07) is 13.5. The standard InChI is InChI=1S/C20H16FN5O2/c21-17-7-3-14(4-8-17)11-23-19(27)20-24-18(25-28-20)16-5-1-15(2-6-16)12-26-10-9-22-13-26/h1-10,13H,11-12H2,(H,23,27). The lowest BCUT2D eigenvalue weighted by atomic mass is 10.1. The van der Waals surface area contributed by atoms with Crippen molar-refractivity contribution < 1.29 is 13.7 Å². The lowest BCUT2D eigenvalue weighted by Gasteiger charge is -2.03. The van der Waals surface area contributed by atoms with Gasteiger partial charge in [0.25, 0.3) is 0 Å². The summed E-state index contributed by atoms with van der Waals surface area (Å²) in [5.74, 6) is -0.604. The number of benzene rings is 2. The quantitative estimate of drug-likeness (QED) is 0.558. The van der Waals surface area contributed by atoms with Crippen molar-refractivity contribution >= 4 is 5.91 Å². The van der Waals surface area contributed by atoms with Crippen LogP contribution in [0, 0.1) is 5.82 Å². The number of imidazole rings is 1. The third-order valence-corrected chi connectivity index (χ3v) is 4.12. The summed E-state index contributed by atoms with van der Waals surface area (Å²) in [6.45, 7) is 0.948. The minimum atomic E-state index is -0.486. The van der Waals surface area contributed by atoms with Gasteiger partial charge in [-0.15, -0.1) is 0 Å². The summed E-state index contributed by atoms with van der Waals surface area (Å²) in [4.78, 5) is 20.3. The maximum absolute atomic E-state index is 12.9. The van der Waals surface area contributed by atoms with Crippen LogP contribution in [0.2, 0.25) is 0 Å². The third kappa shape index (κ3) is 4.12. The molecule has 2 aromatic heterocycles. The van der Waals surface area contributed by atoms with E-state index in [1.165, 1.54) is 12.1 Å². The minimum Gasteiger partial charge on any atom is -0.344 e. The van der Waals surface area contributed by atoms with Crippen molar-refractivity contribution in [3.05, 3.63) is 90.1 Å². The number of carbonyl (C=O) groups excluding carboxylic acids is 1. The molecule has 28 heavy (non-hydrogen) atoms. The normalized spacial score (nSPS) is 10.8. The van der Waals surface area contributed by atoms with Crippen LogP contribution in [-0.2, 0) is 13.1 Å². The first-order chi connectivity index (χ1) is 13.7. The minimum absolute atomic E-state index is 0.125. The van der Waals surface area contributed by atoms with E-state index in [0.29, 0.717) is 12.4 Å². The Morgan fingerprint density at radius 2 is 1.82 bits per heavy atom. The average molecular weight is 377 g/mol. The molecule has 4 rings (SSSR count). The molecule has 8 heteroatoms. The van der Waals surface area contributed by atoms with Gasteiger partial charge in [-0.3, -0.25) is 4.79 Å². The van der Waals surface area contributed by atoms with Gasteiger partial charge in [0.15, 0.2) is 0 Å². The highest BCUT2D eigenvalue weighted by molar-refractivity contribution is 5.89. The maximum atomic E-state index is 12.9. The number of rotatable bonds is 6.